The topological polar surface area (TPSA) is 86.2 Å². The summed E-state index contributed by atoms with van der Waals surface area (Å²) in [7, 11) is 1.54. The Labute approximate surface area is 231 Å². The van der Waals surface area contributed by atoms with Gasteiger partial charge in [0.2, 0.25) is 11.8 Å². The average molecular weight is 637 g/mol. The number of hydrogen-bond acceptors (Lipinski definition) is 6. The second kappa shape index (κ2) is 11.3. The average Bonchev–Trinajstić information content (AvgIpc) is 3.20. The van der Waals surface area contributed by atoms with Gasteiger partial charge >= 0.3 is 5.97 Å². The smallest absolute Gasteiger partial charge is 0.363 e. The van der Waals surface area contributed by atoms with Gasteiger partial charge in [-0.15, -0.1) is 0 Å². The van der Waals surface area contributed by atoms with Gasteiger partial charge in [-0.25, -0.2) is 9.79 Å². The van der Waals surface area contributed by atoms with Gasteiger partial charge in [0.15, 0.2) is 17.2 Å². The number of anilines is 1. The van der Waals surface area contributed by atoms with Crippen LogP contribution < -0.4 is 14.8 Å². The Bertz CT molecular complexity index is 1400. The third kappa shape index (κ3) is 6.18. The number of amides is 1. The molecule has 1 aliphatic heterocycles. The fourth-order valence-corrected chi connectivity index (χ4v) is 4.44. The summed E-state index contributed by atoms with van der Waals surface area (Å²) in [4.78, 5) is 28.0. The first kappa shape index (κ1) is 26.0. The second-order valence-corrected chi connectivity index (χ2v) is 9.64. The molecular formula is C26H19Cl2IN2O5. The Balaban J connectivity index is 1.55. The highest BCUT2D eigenvalue weighted by atomic mass is 127. The molecule has 0 bridgehead atoms. The number of nitrogens with zero attached hydrogens (tertiary/aromatic N) is 1. The summed E-state index contributed by atoms with van der Waals surface area (Å²) in [5, 5.41) is 3.61. The molecule has 3 aromatic carbocycles. The second-order valence-electron chi connectivity index (χ2n) is 7.67. The highest BCUT2D eigenvalue weighted by Gasteiger charge is 2.24. The minimum Gasteiger partial charge on any atom is -0.493 e. The highest BCUT2D eigenvalue weighted by molar-refractivity contribution is 14.1. The van der Waals surface area contributed by atoms with Crippen molar-refractivity contribution in [3.8, 4) is 11.5 Å². The van der Waals surface area contributed by atoms with Gasteiger partial charge in [-0.2, -0.15) is 0 Å². The van der Waals surface area contributed by atoms with Gasteiger partial charge < -0.3 is 19.5 Å². The summed E-state index contributed by atoms with van der Waals surface area (Å²) in [5.74, 6) is 0.504. The van der Waals surface area contributed by atoms with Crippen molar-refractivity contribution in [3.63, 3.8) is 0 Å². The van der Waals surface area contributed by atoms with E-state index in [4.69, 9.17) is 37.4 Å². The van der Waals surface area contributed by atoms with Crippen molar-refractivity contribution < 1.29 is 23.8 Å². The molecule has 1 amide bonds. The van der Waals surface area contributed by atoms with E-state index >= 15 is 0 Å². The van der Waals surface area contributed by atoms with Crippen LogP contribution in [-0.2, 0) is 20.9 Å². The molecule has 3 aromatic rings. The lowest BCUT2D eigenvalue weighted by molar-refractivity contribution is -0.129. The van der Waals surface area contributed by atoms with E-state index in [1.54, 1.807) is 55.7 Å². The maximum Gasteiger partial charge on any atom is 0.363 e. The molecule has 0 radical (unpaired) electrons. The molecule has 0 atom stereocenters. The number of hydrogen-bond donors (Lipinski definition) is 1. The number of carbonyl (C=O) groups is 2. The van der Waals surface area contributed by atoms with Crippen LogP contribution in [0.15, 0.2) is 65.3 Å². The van der Waals surface area contributed by atoms with E-state index in [1.807, 2.05) is 12.1 Å². The van der Waals surface area contributed by atoms with Crippen molar-refractivity contribution in [2.75, 3.05) is 12.4 Å². The summed E-state index contributed by atoms with van der Waals surface area (Å²) >= 11 is 14.2. The maximum atomic E-state index is 12.5. The van der Waals surface area contributed by atoms with E-state index in [0.717, 1.165) is 9.13 Å². The van der Waals surface area contributed by atoms with Crippen LogP contribution in [0.2, 0.25) is 10.0 Å². The minimum absolute atomic E-state index is 0.151. The van der Waals surface area contributed by atoms with E-state index in [1.165, 1.54) is 6.92 Å². The third-order valence-corrected chi connectivity index (χ3v) is 6.54. The molecule has 184 valence electrons. The van der Waals surface area contributed by atoms with Gasteiger partial charge in [0.05, 0.1) is 20.7 Å². The summed E-state index contributed by atoms with van der Waals surface area (Å²) in [6.45, 7) is 1.70. The van der Waals surface area contributed by atoms with E-state index < -0.39 is 5.97 Å². The van der Waals surface area contributed by atoms with Gasteiger partial charge in [0, 0.05) is 18.2 Å². The zero-order chi connectivity index (χ0) is 25.8. The number of nitrogens with one attached hydrogen (secondary N) is 1. The van der Waals surface area contributed by atoms with Crippen LogP contribution in [0.1, 0.15) is 23.6 Å². The van der Waals surface area contributed by atoms with Crippen LogP contribution in [-0.4, -0.2) is 24.9 Å². The predicted octanol–water partition coefficient (Wildman–Crippen LogP) is 6.49. The van der Waals surface area contributed by atoms with Gasteiger partial charge in [-0.1, -0.05) is 29.3 Å². The summed E-state index contributed by atoms with van der Waals surface area (Å²) in [6, 6.07) is 15.7. The first-order valence-corrected chi connectivity index (χ1v) is 12.4. The number of halogens is 3. The van der Waals surface area contributed by atoms with Crippen LogP contribution in [0.4, 0.5) is 5.69 Å². The Hall–Kier alpha value is -3.08. The number of aliphatic imine (C=N–C) groups is 1. The molecule has 1 aliphatic rings. The molecule has 1 N–H and O–H groups in total. The van der Waals surface area contributed by atoms with Crippen molar-refractivity contribution in [2.24, 2.45) is 4.99 Å². The van der Waals surface area contributed by atoms with Crippen molar-refractivity contribution in [2.45, 2.75) is 13.5 Å². The zero-order valence-corrected chi connectivity index (χ0v) is 22.8. The molecule has 0 aromatic heterocycles. The van der Waals surface area contributed by atoms with Crippen LogP contribution >= 0.6 is 45.8 Å². The monoisotopic (exact) mass is 636 g/mol. The molecule has 1 heterocycles. The predicted molar refractivity (Wildman–Crippen MR) is 148 cm³/mol. The van der Waals surface area contributed by atoms with Gasteiger partial charge in [-0.3, -0.25) is 4.79 Å². The minimum atomic E-state index is -0.565. The Morgan fingerprint density at radius 3 is 2.53 bits per heavy atom. The highest BCUT2D eigenvalue weighted by Crippen LogP contribution is 2.36. The maximum absolute atomic E-state index is 12.5. The SMILES string of the molecule is COc1cc(/C=C2\N=C(c3ccc(NC(C)=O)cc3)OC2=O)cc(I)c1OCc1ccc(Cl)c(Cl)c1. The quantitative estimate of drug-likeness (QED) is 0.182. The normalized spacial score (nSPS) is 13.9. The van der Waals surface area contributed by atoms with Crippen molar-refractivity contribution >= 4 is 75.3 Å². The van der Waals surface area contributed by atoms with Crippen molar-refractivity contribution in [1.82, 2.24) is 0 Å². The van der Waals surface area contributed by atoms with E-state index in [0.29, 0.717) is 38.4 Å². The Morgan fingerprint density at radius 1 is 1.11 bits per heavy atom. The first-order valence-electron chi connectivity index (χ1n) is 10.6. The van der Waals surface area contributed by atoms with Gasteiger partial charge in [0.1, 0.15) is 6.61 Å². The molecule has 0 aliphatic carbocycles. The van der Waals surface area contributed by atoms with Gasteiger partial charge in [0.25, 0.3) is 0 Å². The van der Waals surface area contributed by atoms with Crippen molar-refractivity contribution in [1.29, 1.82) is 0 Å². The summed E-state index contributed by atoms with van der Waals surface area (Å²) in [5.41, 5.74) is 2.94. The largest absolute Gasteiger partial charge is 0.493 e. The fourth-order valence-electron chi connectivity index (χ4n) is 3.34. The van der Waals surface area contributed by atoms with E-state index in [-0.39, 0.29) is 24.1 Å². The number of carbonyl (C=O) groups excluding carboxylic acids is 2. The lowest BCUT2D eigenvalue weighted by Gasteiger charge is -2.14. The molecule has 7 nitrogen and oxygen atoms in total. The molecule has 0 saturated heterocycles. The standard InChI is InChI=1S/C26H19Cl2IN2O5/c1-14(32)30-18-6-4-17(5-7-18)25-31-22(26(33)36-25)11-16-10-21(29)24(23(12-16)34-2)35-13-15-3-8-19(27)20(28)9-15/h3-12H,13H2,1-2H3,(H,30,32)/b22-11-. The molecule has 0 saturated carbocycles. The summed E-state index contributed by atoms with van der Waals surface area (Å²) < 4.78 is 17.7. The van der Waals surface area contributed by atoms with E-state index in [9.17, 15) is 9.59 Å². The molecule has 0 spiro atoms. The van der Waals surface area contributed by atoms with Gasteiger partial charge in [-0.05, 0) is 88.3 Å². The third-order valence-electron chi connectivity index (χ3n) is 5.00. The van der Waals surface area contributed by atoms with E-state index in [2.05, 4.69) is 32.9 Å². The molecule has 0 fully saturated rings. The molecule has 4 rings (SSSR count). The summed E-state index contributed by atoms with van der Waals surface area (Å²) in [6.07, 6.45) is 1.62. The molecule has 0 unspecified atom stereocenters. The number of ether oxygens (including phenoxy) is 3. The molecular weight excluding hydrogens is 618 g/mol. The lowest BCUT2D eigenvalue weighted by Crippen LogP contribution is -2.07. The van der Waals surface area contributed by atoms with Crippen LogP contribution in [0.25, 0.3) is 6.08 Å². The van der Waals surface area contributed by atoms with Crippen LogP contribution in [0, 0.1) is 3.57 Å². The van der Waals surface area contributed by atoms with Crippen LogP contribution in [0.5, 0.6) is 11.5 Å². The first-order chi connectivity index (χ1) is 17.2. The molecule has 10 heteroatoms. The number of rotatable bonds is 7. The molecule has 36 heavy (non-hydrogen) atoms. The van der Waals surface area contributed by atoms with Crippen molar-refractivity contribution in [3.05, 3.63) is 90.6 Å². The Kier molecular flexibility index (Phi) is 8.17. The number of cyclic esters (lactones) is 1. The number of esters is 1. The number of methoxy groups -OCH3 is 1. The lowest BCUT2D eigenvalue weighted by atomic mass is 10.1. The Morgan fingerprint density at radius 2 is 1.86 bits per heavy atom. The zero-order valence-electron chi connectivity index (χ0n) is 19.1. The fraction of sp³-hybridized carbons (Fsp3) is 0.115. The number of benzene rings is 3. The van der Waals surface area contributed by atoms with Crippen LogP contribution in [0.3, 0.4) is 0 Å².